The summed E-state index contributed by atoms with van der Waals surface area (Å²) in [7, 11) is 2.02. The van der Waals surface area contributed by atoms with Crippen LogP contribution >= 0.6 is 23.5 Å². The minimum absolute atomic E-state index is 0.109. The molecule has 2 aliphatic rings. The van der Waals surface area contributed by atoms with Gasteiger partial charge in [0, 0.05) is 24.5 Å². The van der Waals surface area contributed by atoms with Gasteiger partial charge in [-0.1, -0.05) is 36.0 Å². The first-order valence-corrected chi connectivity index (χ1v) is 8.87. The van der Waals surface area contributed by atoms with Gasteiger partial charge >= 0.3 is 5.91 Å². The van der Waals surface area contributed by atoms with Gasteiger partial charge in [0.1, 0.15) is 0 Å². The molecular formula is C16H17N2OS2+. The van der Waals surface area contributed by atoms with Crippen molar-refractivity contribution < 1.29 is 9.37 Å². The lowest BCUT2D eigenvalue weighted by molar-refractivity contribution is -0.433. The Morgan fingerprint density at radius 1 is 1.29 bits per heavy atom. The zero-order valence-corrected chi connectivity index (χ0v) is 13.9. The normalized spacial score (nSPS) is 21.3. The monoisotopic (exact) mass is 317 g/mol. The second-order valence-electron chi connectivity index (χ2n) is 4.79. The van der Waals surface area contributed by atoms with Gasteiger partial charge in [0.2, 0.25) is 0 Å². The molecule has 0 saturated heterocycles. The van der Waals surface area contributed by atoms with Crippen molar-refractivity contribution in [2.24, 2.45) is 0 Å². The number of carbonyl (C=O) groups is 1. The number of carbonyl (C=O) groups excluding carboxylic acids is 1. The molecule has 2 heterocycles. The van der Waals surface area contributed by atoms with E-state index >= 15 is 0 Å². The Morgan fingerprint density at radius 3 is 2.71 bits per heavy atom. The van der Waals surface area contributed by atoms with Crippen molar-refractivity contribution in [1.82, 2.24) is 0 Å². The average Bonchev–Trinajstić information content (AvgIpc) is 2.84. The van der Waals surface area contributed by atoms with Gasteiger partial charge in [-0.2, -0.15) is 0 Å². The predicted molar refractivity (Wildman–Crippen MR) is 92.8 cm³/mol. The van der Waals surface area contributed by atoms with Crippen LogP contribution in [-0.4, -0.2) is 34.7 Å². The fourth-order valence-corrected chi connectivity index (χ4v) is 4.57. The molecule has 0 spiro atoms. The molecule has 2 aliphatic heterocycles. The lowest BCUT2D eigenvalue weighted by Crippen LogP contribution is -2.24. The number of fused-ring (bicyclic) bond motifs is 1. The summed E-state index contributed by atoms with van der Waals surface area (Å²) >= 11 is 3.21. The maximum atomic E-state index is 12.6. The topological polar surface area (TPSA) is 23.3 Å². The minimum atomic E-state index is 0.109. The molecule has 0 bridgehead atoms. The molecule has 108 valence electrons. The number of nitrogens with zero attached hydrogens (tertiary/aromatic N) is 2. The van der Waals surface area contributed by atoms with E-state index in [0.717, 1.165) is 20.7 Å². The van der Waals surface area contributed by atoms with E-state index in [2.05, 4.69) is 23.1 Å². The molecule has 1 aromatic carbocycles. The fraction of sp³-hybridized carbons (Fsp3) is 0.250. The number of para-hydroxylation sites is 1. The van der Waals surface area contributed by atoms with Gasteiger partial charge in [0.05, 0.1) is 5.70 Å². The predicted octanol–water partition coefficient (Wildman–Crippen LogP) is 3.39. The molecular weight excluding hydrogens is 300 g/mol. The number of thioether (sulfide) groups is 2. The number of likely N-dealkylation sites (N-methyl/N-ethyl adjacent to an activating group) is 2. The van der Waals surface area contributed by atoms with Crippen LogP contribution in [0.5, 0.6) is 0 Å². The van der Waals surface area contributed by atoms with Gasteiger partial charge in [0.25, 0.3) is 4.38 Å². The van der Waals surface area contributed by atoms with Crippen LogP contribution in [0.4, 0.5) is 5.69 Å². The molecule has 0 fully saturated rings. The highest BCUT2D eigenvalue weighted by Gasteiger charge is 2.39. The second-order valence-corrected chi connectivity index (χ2v) is 6.84. The third kappa shape index (κ3) is 2.34. The standard InChI is InChI=1S/C16H17N2OS2/c1-4-18-15(19)14(21-16(18)20-3)13-10-9-11-7-5-6-8-12(11)17(13)2/h5-10H,4H2,1-3H3/q+1. The molecule has 0 unspecified atom stereocenters. The highest BCUT2D eigenvalue weighted by atomic mass is 32.2. The molecule has 1 aromatic rings. The Balaban J connectivity index is 2.05. The molecule has 3 rings (SSSR count). The van der Waals surface area contributed by atoms with Crippen LogP contribution in [0.25, 0.3) is 6.08 Å². The van der Waals surface area contributed by atoms with Crippen molar-refractivity contribution in [3.63, 3.8) is 0 Å². The second kappa shape index (κ2) is 5.73. The van der Waals surface area contributed by atoms with E-state index in [1.54, 1.807) is 23.5 Å². The van der Waals surface area contributed by atoms with E-state index in [0.29, 0.717) is 6.54 Å². The first-order valence-electron chi connectivity index (χ1n) is 6.83. The van der Waals surface area contributed by atoms with E-state index in [9.17, 15) is 4.79 Å². The van der Waals surface area contributed by atoms with Gasteiger partial charge in [0.15, 0.2) is 11.4 Å². The van der Waals surface area contributed by atoms with Crippen LogP contribution in [-0.2, 0) is 4.79 Å². The highest BCUT2D eigenvalue weighted by molar-refractivity contribution is 8.40. The molecule has 1 amide bonds. The third-order valence-corrected chi connectivity index (χ3v) is 5.96. The SMILES string of the molecule is CC[N+]1=C(SC)SC(=C2C=Cc3ccccc3N2C)C1=O. The largest absolute Gasteiger partial charge is 0.429 e. The number of rotatable bonds is 1. The van der Waals surface area contributed by atoms with Crippen LogP contribution in [0.15, 0.2) is 40.9 Å². The summed E-state index contributed by atoms with van der Waals surface area (Å²) in [6, 6.07) is 8.23. The summed E-state index contributed by atoms with van der Waals surface area (Å²) in [5.41, 5.74) is 3.30. The van der Waals surface area contributed by atoms with Crippen LogP contribution in [0.2, 0.25) is 0 Å². The molecule has 5 heteroatoms. The molecule has 0 aliphatic carbocycles. The number of anilines is 1. The Bertz CT molecular complexity index is 704. The van der Waals surface area contributed by atoms with Crippen molar-refractivity contribution in [3.05, 3.63) is 46.5 Å². The van der Waals surface area contributed by atoms with Crippen molar-refractivity contribution >= 4 is 45.6 Å². The van der Waals surface area contributed by atoms with Gasteiger partial charge in [-0.3, -0.25) is 0 Å². The molecule has 0 aromatic heterocycles. The summed E-state index contributed by atoms with van der Waals surface area (Å²) in [5.74, 6) is 0.109. The van der Waals surface area contributed by atoms with Crippen molar-refractivity contribution in [3.8, 4) is 0 Å². The molecule has 3 nitrogen and oxygen atoms in total. The third-order valence-electron chi connectivity index (χ3n) is 3.65. The minimum Gasteiger partial charge on any atom is -0.343 e. The number of allylic oxidation sites excluding steroid dienone is 1. The maximum absolute atomic E-state index is 12.6. The number of benzene rings is 1. The first kappa shape index (κ1) is 14.5. The number of amides is 1. The fourth-order valence-electron chi connectivity index (χ4n) is 2.55. The highest BCUT2D eigenvalue weighted by Crippen LogP contribution is 2.38. The van der Waals surface area contributed by atoms with Crippen LogP contribution in [0.3, 0.4) is 0 Å². The zero-order chi connectivity index (χ0) is 15.0. The first-order chi connectivity index (χ1) is 10.2. The summed E-state index contributed by atoms with van der Waals surface area (Å²) in [6.45, 7) is 2.72. The van der Waals surface area contributed by atoms with Gasteiger partial charge in [-0.05, 0) is 30.9 Å². The summed E-state index contributed by atoms with van der Waals surface area (Å²) in [5, 5.41) is 0. The van der Waals surface area contributed by atoms with Crippen LogP contribution in [0, 0.1) is 0 Å². The maximum Gasteiger partial charge on any atom is 0.429 e. The quantitative estimate of drug-likeness (QED) is 0.585. The smallest absolute Gasteiger partial charge is 0.343 e. The van der Waals surface area contributed by atoms with Crippen molar-refractivity contribution in [1.29, 1.82) is 0 Å². The van der Waals surface area contributed by atoms with Crippen LogP contribution in [0.1, 0.15) is 12.5 Å². The van der Waals surface area contributed by atoms with Crippen LogP contribution < -0.4 is 4.90 Å². The summed E-state index contributed by atoms with van der Waals surface area (Å²) in [4.78, 5) is 15.5. The summed E-state index contributed by atoms with van der Waals surface area (Å²) < 4.78 is 2.91. The Morgan fingerprint density at radius 2 is 2.05 bits per heavy atom. The average molecular weight is 317 g/mol. The Hall–Kier alpha value is -1.46. The van der Waals surface area contributed by atoms with E-state index < -0.39 is 0 Å². The molecule has 0 N–H and O–H groups in total. The number of hydrogen-bond acceptors (Lipinski definition) is 4. The van der Waals surface area contributed by atoms with E-state index in [1.165, 1.54) is 5.56 Å². The zero-order valence-electron chi connectivity index (χ0n) is 12.3. The Labute approximate surface area is 133 Å². The molecule has 0 radical (unpaired) electrons. The van der Waals surface area contributed by atoms with Gasteiger partial charge < -0.3 is 4.90 Å². The lowest BCUT2D eigenvalue weighted by atomic mass is 10.1. The number of hydrogen-bond donors (Lipinski definition) is 0. The Kier molecular flexibility index (Phi) is 3.95. The van der Waals surface area contributed by atoms with E-state index in [-0.39, 0.29) is 5.91 Å². The lowest BCUT2D eigenvalue weighted by Gasteiger charge is -2.26. The van der Waals surface area contributed by atoms with Crippen molar-refractivity contribution in [2.75, 3.05) is 24.7 Å². The molecule has 0 atom stereocenters. The van der Waals surface area contributed by atoms with Gasteiger partial charge in [-0.15, -0.1) is 4.58 Å². The molecule has 0 saturated carbocycles. The summed E-state index contributed by atoms with van der Waals surface area (Å²) in [6.07, 6.45) is 6.14. The van der Waals surface area contributed by atoms with Gasteiger partial charge in [-0.25, -0.2) is 4.79 Å². The molecule has 21 heavy (non-hydrogen) atoms. The van der Waals surface area contributed by atoms with E-state index in [1.807, 2.05) is 43.0 Å². The van der Waals surface area contributed by atoms with Crippen molar-refractivity contribution in [2.45, 2.75) is 6.92 Å². The van der Waals surface area contributed by atoms with E-state index in [4.69, 9.17) is 0 Å².